The van der Waals surface area contributed by atoms with Gasteiger partial charge in [-0.1, -0.05) is 29.8 Å². The van der Waals surface area contributed by atoms with E-state index in [0.29, 0.717) is 11.1 Å². The summed E-state index contributed by atoms with van der Waals surface area (Å²) in [6, 6.07) is 10.9. The number of benzene rings is 2. The Labute approximate surface area is 116 Å². The molecule has 3 nitrogen and oxygen atoms in total. The molecule has 0 radical (unpaired) electrons. The molecule has 0 bridgehead atoms. The molecule has 0 heterocycles. The van der Waals surface area contributed by atoms with E-state index in [1.165, 1.54) is 12.1 Å². The van der Waals surface area contributed by atoms with Gasteiger partial charge in [0.25, 0.3) is 5.78 Å². The number of hydrogen-bond acceptors (Lipinski definition) is 3. The first-order chi connectivity index (χ1) is 9.52. The van der Waals surface area contributed by atoms with Crippen LogP contribution in [0.1, 0.15) is 15.9 Å². The van der Waals surface area contributed by atoms with Crippen molar-refractivity contribution in [3.05, 3.63) is 59.4 Å². The maximum absolute atomic E-state index is 13.3. The minimum absolute atomic E-state index is 0.202. The van der Waals surface area contributed by atoms with E-state index in [4.69, 9.17) is 0 Å². The second kappa shape index (κ2) is 5.65. The quantitative estimate of drug-likeness (QED) is 0.489. The SMILES string of the molecule is COC(=O)C(=O)c1ccc(C)cc1-c1cccc(F)c1. The molecule has 0 saturated carbocycles. The lowest BCUT2D eigenvalue weighted by molar-refractivity contribution is -0.135. The van der Waals surface area contributed by atoms with Crippen molar-refractivity contribution in [2.45, 2.75) is 6.92 Å². The highest BCUT2D eigenvalue weighted by Crippen LogP contribution is 2.26. The molecular weight excluding hydrogens is 259 g/mol. The molecular formula is C16H13FO3. The molecule has 0 atom stereocenters. The Balaban J connectivity index is 2.60. The van der Waals surface area contributed by atoms with Gasteiger partial charge in [-0.15, -0.1) is 0 Å². The van der Waals surface area contributed by atoms with Crippen LogP contribution in [0.3, 0.4) is 0 Å². The van der Waals surface area contributed by atoms with Crippen molar-refractivity contribution in [2.75, 3.05) is 7.11 Å². The topological polar surface area (TPSA) is 43.4 Å². The molecule has 0 aliphatic carbocycles. The zero-order valence-electron chi connectivity index (χ0n) is 11.1. The summed E-state index contributed by atoms with van der Waals surface area (Å²) in [7, 11) is 1.15. The van der Waals surface area contributed by atoms with Crippen molar-refractivity contribution in [1.29, 1.82) is 0 Å². The predicted octanol–water partition coefficient (Wildman–Crippen LogP) is 3.16. The molecule has 4 heteroatoms. The number of carbonyl (C=O) groups excluding carboxylic acids is 2. The number of rotatable bonds is 3. The molecule has 2 aromatic carbocycles. The molecule has 2 aromatic rings. The fourth-order valence-electron chi connectivity index (χ4n) is 1.95. The minimum Gasteiger partial charge on any atom is -0.463 e. The summed E-state index contributed by atoms with van der Waals surface area (Å²) in [6.07, 6.45) is 0. The van der Waals surface area contributed by atoms with E-state index in [9.17, 15) is 14.0 Å². The first-order valence-electron chi connectivity index (χ1n) is 6.02. The van der Waals surface area contributed by atoms with Gasteiger partial charge in [0, 0.05) is 5.56 Å². The van der Waals surface area contributed by atoms with Gasteiger partial charge in [-0.05, 0) is 36.2 Å². The highest BCUT2D eigenvalue weighted by molar-refractivity contribution is 6.41. The zero-order chi connectivity index (χ0) is 14.7. The summed E-state index contributed by atoms with van der Waals surface area (Å²) in [5, 5.41) is 0. The number of ether oxygens (including phenoxy) is 1. The van der Waals surface area contributed by atoms with E-state index < -0.39 is 17.6 Å². The summed E-state index contributed by atoms with van der Waals surface area (Å²) in [6.45, 7) is 1.86. The van der Waals surface area contributed by atoms with Crippen molar-refractivity contribution in [3.8, 4) is 11.1 Å². The van der Waals surface area contributed by atoms with Gasteiger partial charge in [0.05, 0.1) is 7.11 Å². The third kappa shape index (κ3) is 2.74. The van der Waals surface area contributed by atoms with Gasteiger partial charge in [0.15, 0.2) is 0 Å². The predicted molar refractivity (Wildman–Crippen MR) is 72.9 cm³/mol. The van der Waals surface area contributed by atoms with Crippen molar-refractivity contribution in [2.24, 2.45) is 0 Å². The van der Waals surface area contributed by atoms with Crippen LogP contribution in [-0.2, 0) is 9.53 Å². The molecule has 0 aliphatic heterocycles. The largest absolute Gasteiger partial charge is 0.463 e. The van der Waals surface area contributed by atoms with Gasteiger partial charge in [-0.25, -0.2) is 9.18 Å². The average Bonchev–Trinajstić information content (AvgIpc) is 2.45. The van der Waals surface area contributed by atoms with Crippen LogP contribution < -0.4 is 0 Å². The van der Waals surface area contributed by atoms with Gasteiger partial charge in [-0.2, -0.15) is 0 Å². The third-order valence-electron chi connectivity index (χ3n) is 2.93. The van der Waals surface area contributed by atoms with Crippen LogP contribution in [0.2, 0.25) is 0 Å². The molecule has 0 aliphatic rings. The van der Waals surface area contributed by atoms with Crippen LogP contribution in [0, 0.1) is 12.7 Å². The molecule has 2 rings (SSSR count). The number of halogens is 1. The van der Waals surface area contributed by atoms with Crippen LogP contribution in [-0.4, -0.2) is 18.9 Å². The first-order valence-corrected chi connectivity index (χ1v) is 6.02. The van der Waals surface area contributed by atoms with Gasteiger partial charge in [0.1, 0.15) is 5.82 Å². The van der Waals surface area contributed by atoms with Gasteiger partial charge in [-0.3, -0.25) is 4.79 Å². The lowest BCUT2D eigenvalue weighted by Gasteiger charge is -2.09. The van der Waals surface area contributed by atoms with Crippen LogP contribution in [0.15, 0.2) is 42.5 Å². The van der Waals surface area contributed by atoms with Crippen LogP contribution in [0.5, 0.6) is 0 Å². The number of ketones is 1. The number of Topliss-reactive ketones (excluding diaryl/α,β-unsaturated/α-hetero) is 1. The minimum atomic E-state index is -0.938. The molecule has 0 N–H and O–H groups in total. The van der Waals surface area contributed by atoms with Crippen molar-refractivity contribution in [3.63, 3.8) is 0 Å². The second-order valence-corrected chi connectivity index (χ2v) is 4.38. The van der Waals surface area contributed by atoms with Crippen molar-refractivity contribution in [1.82, 2.24) is 0 Å². The van der Waals surface area contributed by atoms with Crippen molar-refractivity contribution < 1.29 is 18.7 Å². The molecule has 0 saturated heterocycles. The van der Waals surface area contributed by atoms with E-state index in [1.54, 1.807) is 30.3 Å². The number of carbonyl (C=O) groups is 2. The van der Waals surface area contributed by atoms with E-state index in [0.717, 1.165) is 12.7 Å². The number of esters is 1. The molecule has 20 heavy (non-hydrogen) atoms. The zero-order valence-corrected chi connectivity index (χ0v) is 11.1. The van der Waals surface area contributed by atoms with Gasteiger partial charge >= 0.3 is 5.97 Å². The summed E-state index contributed by atoms with van der Waals surface area (Å²) in [4.78, 5) is 23.4. The fraction of sp³-hybridized carbons (Fsp3) is 0.125. The molecule has 0 aromatic heterocycles. The second-order valence-electron chi connectivity index (χ2n) is 4.38. The van der Waals surface area contributed by atoms with E-state index in [-0.39, 0.29) is 5.56 Å². The van der Waals surface area contributed by atoms with Crippen LogP contribution >= 0.6 is 0 Å². The lowest BCUT2D eigenvalue weighted by Crippen LogP contribution is -2.16. The fourth-order valence-corrected chi connectivity index (χ4v) is 1.95. The maximum atomic E-state index is 13.3. The molecule has 0 unspecified atom stereocenters. The normalized spacial score (nSPS) is 10.2. The monoisotopic (exact) mass is 272 g/mol. The summed E-state index contributed by atoms with van der Waals surface area (Å²) >= 11 is 0. The Morgan fingerprint density at radius 1 is 1.10 bits per heavy atom. The third-order valence-corrected chi connectivity index (χ3v) is 2.93. The van der Waals surface area contributed by atoms with Crippen molar-refractivity contribution >= 4 is 11.8 Å². The van der Waals surface area contributed by atoms with Gasteiger partial charge < -0.3 is 4.74 Å². The maximum Gasteiger partial charge on any atom is 0.379 e. The first kappa shape index (κ1) is 13.9. The highest BCUT2D eigenvalue weighted by atomic mass is 19.1. The lowest BCUT2D eigenvalue weighted by atomic mass is 9.95. The summed E-state index contributed by atoms with van der Waals surface area (Å²) < 4.78 is 17.8. The average molecular weight is 272 g/mol. The Bertz CT molecular complexity index is 677. The molecule has 0 amide bonds. The van der Waals surface area contributed by atoms with E-state index in [2.05, 4.69) is 4.74 Å². The highest BCUT2D eigenvalue weighted by Gasteiger charge is 2.21. The summed E-state index contributed by atoms with van der Waals surface area (Å²) in [5.41, 5.74) is 2.17. The van der Waals surface area contributed by atoms with Crippen LogP contribution in [0.4, 0.5) is 4.39 Å². The smallest absolute Gasteiger partial charge is 0.379 e. The number of methoxy groups -OCH3 is 1. The van der Waals surface area contributed by atoms with E-state index in [1.807, 2.05) is 6.92 Å². The summed E-state index contributed by atoms with van der Waals surface area (Å²) in [5.74, 6) is -2.08. The molecule has 102 valence electrons. The molecule has 0 fully saturated rings. The number of aryl methyl sites for hydroxylation is 1. The Hall–Kier alpha value is -2.49. The Morgan fingerprint density at radius 2 is 1.85 bits per heavy atom. The Morgan fingerprint density at radius 3 is 2.50 bits per heavy atom. The standard InChI is InChI=1S/C16H13FO3/c1-10-6-7-13(15(18)16(19)20-2)14(8-10)11-4-3-5-12(17)9-11/h3-9H,1-2H3. The van der Waals surface area contributed by atoms with Crippen LogP contribution in [0.25, 0.3) is 11.1 Å². The number of hydrogen-bond donors (Lipinski definition) is 0. The Kier molecular flexibility index (Phi) is 3.94. The van der Waals surface area contributed by atoms with Gasteiger partial charge in [0.2, 0.25) is 0 Å². The molecule has 0 spiro atoms. The van der Waals surface area contributed by atoms with E-state index >= 15 is 0 Å².